The number of aliphatic carboxylic acids is 3. The number of anilines is 2. The molecule has 0 saturated carbocycles. The molecule has 0 spiro atoms. The third-order valence-corrected chi connectivity index (χ3v) is 8.86. The lowest BCUT2D eigenvalue weighted by Crippen LogP contribution is -2.47. The Bertz CT molecular complexity index is 1870. The number of benzene rings is 1. The van der Waals surface area contributed by atoms with Gasteiger partial charge >= 0.3 is 31.4 Å². The van der Waals surface area contributed by atoms with Gasteiger partial charge in [-0.3, -0.25) is 38.2 Å². The molecule has 1 aliphatic rings. The Labute approximate surface area is 297 Å². The molecule has 0 aliphatic carbocycles. The summed E-state index contributed by atoms with van der Waals surface area (Å²) in [7, 11) is -5.24. The van der Waals surface area contributed by atoms with Gasteiger partial charge in [-0.1, -0.05) is 6.07 Å². The third-order valence-electron chi connectivity index (χ3n) is 7.80. The second kappa shape index (κ2) is 18.1. The summed E-state index contributed by atoms with van der Waals surface area (Å²) in [6, 6.07) is 0.745. The second-order valence-corrected chi connectivity index (χ2v) is 13.2. The molecule has 53 heavy (non-hydrogen) atoms. The molecule has 7 unspecified atom stereocenters. The molecule has 0 saturated heterocycles. The minimum Gasteiger partial charge on any atom is -0.508 e. The van der Waals surface area contributed by atoms with Crippen molar-refractivity contribution in [2.75, 3.05) is 18.1 Å². The highest BCUT2D eigenvalue weighted by Gasteiger charge is 2.36. The molecular formula is C29H38N5O18P. The van der Waals surface area contributed by atoms with Crippen LogP contribution in [0.1, 0.15) is 43.7 Å². The molecule has 24 heteroatoms. The van der Waals surface area contributed by atoms with Crippen molar-refractivity contribution in [2.24, 2.45) is 0 Å². The first-order chi connectivity index (χ1) is 24.7. The molecule has 23 nitrogen and oxygen atoms in total. The maximum Gasteiger partial charge on any atom is 0.473 e. The van der Waals surface area contributed by atoms with Crippen LogP contribution >= 0.6 is 7.82 Å². The number of carboxylic acid groups (broad SMARTS) is 3. The number of aromatic hydroxyl groups is 1. The van der Waals surface area contributed by atoms with Gasteiger partial charge in [-0.15, -0.1) is 0 Å². The normalized spacial score (nSPS) is 16.7. The quantitative estimate of drug-likeness (QED) is 0.0604. The van der Waals surface area contributed by atoms with E-state index in [1.165, 1.54) is 23.1 Å². The Balaban J connectivity index is 1.56. The maximum absolute atomic E-state index is 12.6. The number of rotatable bonds is 20. The lowest BCUT2D eigenvalue weighted by molar-refractivity contribution is -0.144. The van der Waals surface area contributed by atoms with E-state index in [1.807, 2.05) is 10.6 Å². The first-order valence-corrected chi connectivity index (χ1v) is 17.1. The molecular weight excluding hydrogens is 737 g/mol. The number of amides is 2. The molecule has 2 aromatic rings. The van der Waals surface area contributed by atoms with Crippen LogP contribution in [0.2, 0.25) is 0 Å². The van der Waals surface area contributed by atoms with E-state index in [-0.39, 0.29) is 29.2 Å². The number of aliphatic hydroxyl groups excluding tert-OH is 3. The van der Waals surface area contributed by atoms with Crippen LogP contribution < -0.4 is 26.8 Å². The first kappa shape index (κ1) is 42.3. The van der Waals surface area contributed by atoms with E-state index < -0.39 is 124 Å². The van der Waals surface area contributed by atoms with Crippen LogP contribution in [0.4, 0.5) is 11.5 Å². The number of carbonyl (C=O) groups is 5. The van der Waals surface area contributed by atoms with Crippen LogP contribution in [-0.4, -0.2) is 130 Å². The zero-order valence-corrected chi connectivity index (χ0v) is 28.6. The topological polar surface area (TPSA) is 376 Å². The molecule has 3 rings (SSSR count). The van der Waals surface area contributed by atoms with Gasteiger partial charge in [0.25, 0.3) is 5.56 Å². The monoisotopic (exact) mass is 775 g/mol. The highest BCUT2D eigenvalue weighted by molar-refractivity contribution is 7.47. The van der Waals surface area contributed by atoms with E-state index in [9.17, 15) is 68.6 Å². The van der Waals surface area contributed by atoms with Gasteiger partial charge in [0, 0.05) is 31.0 Å². The molecule has 0 fully saturated rings. The van der Waals surface area contributed by atoms with Crippen molar-refractivity contribution in [3.63, 3.8) is 0 Å². The summed E-state index contributed by atoms with van der Waals surface area (Å²) in [5.74, 6) is -7.02. The fourth-order valence-corrected chi connectivity index (χ4v) is 5.96. The van der Waals surface area contributed by atoms with E-state index >= 15 is 0 Å². The van der Waals surface area contributed by atoms with Gasteiger partial charge in [-0.2, -0.15) is 0 Å². The number of hydrogen-bond acceptors (Lipinski definition) is 15. The number of carbonyl (C=O) groups excluding carboxylic acids is 2. The van der Waals surface area contributed by atoms with Crippen LogP contribution in [0.5, 0.6) is 5.75 Å². The fourth-order valence-electron chi connectivity index (χ4n) is 5.06. The number of aromatic nitrogens is 2. The SMILES string of the molecule is CC(OP(=O)(O)OCC(O)C(O)C(O)CN1c2cc(O)ccc2Cc2c1[nH]c(=O)[nH]c2=O)C(=O)NC(CCC(=O)NC(CCC(=O)O)C(=O)O)C(=O)O. The second-order valence-electron chi connectivity index (χ2n) is 11.8. The zero-order chi connectivity index (χ0) is 39.8. The summed E-state index contributed by atoms with van der Waals surface area (Å²) in [6.45, 7) is -0.839. The molecule has 7 atom stereocenters. The van der Waals surface area contributed by atoms with E-state index in [2.05, 4.69) is 14.5 Å². The standard InChI is InChI=1S/C29H38N5O18P/c1-12(25(42)31-17(28(46)47)4-6-21(38)30-16(27(44)45)5-7-22(39)40)52-53(49,50)51-11-20(37)23(41)19(36)10-34-18-9-14(35)3-2-13(18)8-15-24(34)32-29(48)33-26(15)43/h2-3,9,12,16-17,19-20,23,35-37,41H,4-8,10-11H2,1H3,(H,30,38)(H,31,42)(H,39,40)(H,44,45)(H,46,47)(H,49,50)(H2,32,33,43,48). The number of nitrogens with one attached hydrogen (secondary N) is 4. The Morgan fingerprint density at radius 2 is 1.57 bits per heavy atom. The summed E-state index contributed by atoms with van der Waals surface area (Å²) in [6.07, 6.45) is -10.2. The third kappa shape index (κ3) is 11.9. The number of H-pyrrole nitrogens is 2. The average molecular weight is 776 g/mol. The Morgan fingerprint density at radius 3 is 2.19 bits per heavy atom. The van der Waals surface area contributed by atoms with Gasteiger partial charge in [0.1, 0.15) is 48.1 Å². The highest BCUT2D eigenvalue weighted by atomic mass is 31.2. The predicted octanol–water partition coefficient (Wildman–Crippen LogP) is -2.80. The van der Waals surface area contributed by atoms with E-state index in [0.29, 0.717) is 5.56 Å². The average Bonchev–Trinajstić information content (AvgIpc) is 3.06. The molecule has 0 bridgehead atoms. The number of nitrogens with zero attached hydrogens (tertiary/aromatic N) is 1. The number of hydrogen-bond donors (Lipinski definition) is 12. The minimum absolute atomic E-state index is 0.0333. The first-order valence-electron chi connectivity index (χ1n) is 15.6. The molecule has 1 aromatic heterocycles. The summed E-state index contributed by atoms with van der Waals surface area (Å²) in [5.41, 5.74) is -0.807. The van der Waals surface area contributed by atoms with Crippen molar-refractivity contribution in [1.82, 2.24) is 20.6 Å². The van der Waals surface area contributed by atoms with Crippen molar-refractivity contribution >= 4 is 49.1 Å². The molecule has 2 heterocycles. The summed E-state index contributed by atoms with van der Waals surface area (Å²) >= 11 is 0. The highest BCUT2D eigenvalue weighted by Crippen LogP contribution is 2.45. The van der Waals surface area contributed by atoms with Crippen molar-refractivity contribution < 1.29 is 78.2 Å². The minimum atomic E-state index is -5.24. The van der Waals surface area contributed by atoms with Crippen LogP contribution in [0.25, 0.3) is 0 Å². The number of carboxylic acids is 3. The van der Waals surface area contributed by atoms with E-state index in [0.717, 1.165) is 6.92 Å². The lowest BCUT2D eigenvalue weighted by atomic mass is 9.97. The van der Waals surface area contributed by atoms with Crippen LogP contribution in [0.15, 0.2) is 27.8 Å². The number of phenolic OH excluding ortho intramolecular Hbond substituents is 1. The van der Waals surface area contributed by atoms with Crippen molar-refractivity contribution in [1.29, 1.82) is 0 Å². The van der Waals surface area contributed by atoms with Gasteiger partial charge in [-0.05, 0) is 31.4 Å². The van der Waals surface area contributed by atoms with Crippen molar-refractivity contribution in [3.8, 4) is 5.75 Å². The fraction of sp³-hybridized carbons (Fsp3) is 0.483. The van der Waals surface area contributed by atoms with Gasteiger partial charge in [0.2, 0.25) is 11.8 Å². The van der Waals surface area contributed by atoms with E-state index in [4.69, 9.17) is 14.7 Å². The number of fused-ring (bicyclic) bond motifs is 2. The Hall–Kier alpha value is -5.16. The molecule has 2 amide bonds. The predicted molar refractivity (Wildman–Crippen MR) is 175 cm³/mol. The van der Waals surface area contributed by atoms with E-state index in [1.54, 1.807) is 0 Å². The summed E-state index contributed by atoms with van der Waals surface area (Å²) in [5, 5.41) is 73.2. The molecule has 12 N–H and O–H groups in total. The summed E-state index contributed by atoms with van der Waals surface area (Å²) < 4.78 is 21.9. The van der Waals surface area contributed by atoms with Crippen molar-refractivity contribution in [3.05, 3.63) is 50.2 Å². The largest absolute Gasteiger partial charge is 0.508 e. The number of phosphoric acid groups is 1. The maximum atomic E-state index is 12.6. The smallest absolute Gasteiger partial charge is 0.473 e. The summed E-state index contributed by atoms with van der Waals surface area (Å²) in [4.78, 5) is 98.6. The molecule has 0 radical (unpaired) electrons. The Morgan fingerprint density at radius 1 is 0.943 bits per heavy atom. The number of aliphatic hydroxyl groups is 3. The zero-order valence-electron chi connectivity index (χ0n) is 27.7. The van der Waals surface area contributed by atoms with Gasteiger partial charge in [0.15, 0.2) is 0 Å². The van der Waals surface area contributed by atoms with Crippen LogP contribution in [-0.2, 0) is 44.0 Å². The number of phenols is 1. The van der Waals surface area contributed by atoms with Crippen LogP contribution in [0.3, 0.4) is 0 Å². The van der Waals surface area contributed by atoms with Crippen LogP contribution in [0, 0.1) is 0 Å². The number of aromatic amines is 2. The number of phosphoric ester groups is 1. The molecule has 1 aliphatic heterocycles. The van der Waals surface area contributed by atoms with Gasteiger partial charge < -0.3 is 56.2 Å². The Kier molecular flexibility index (Phi) is 14.4. The van der Waals surface area contributed by atoms with Crippen molar-refractivity contribution in [2.45, 2.75) is 75.5 Å². The van der Waals surface area contributed by atoms with Gasteiger partial charge in [0.05, 0.1) is 18.7 Å². The molecule has 1 aromatic carbocycles. The molecule has 292 valence electrons. The lowest BCUT2D eigenvalue weighted by Gasteiger charge is -2.35. The number of β-amino-alcohol motifs (C(OH)–C–C–N with tert-alkyl or cyclic N) is 1. The van der Waals surface area contributed by atoms with Gasteiger partial charge in [-0.25, -0.2) is 18.9 Å².